The fourth-order valence-corrected chi connectivity index (χ4v) is 4.34. The normalized spacial score (nSPS) is 18.2. The van der Waals surface area contributed by atoms with Crippen molar-refractivity contribution in [2.24, 2.45) is 11.7 Å². The van der Waals surface area contributed by atoms with Crippen LogP contribution < -0.4 is 11.1 Å². The number of likely N-dealkylation sites (tertiary alicyclic amines) is 2. The molecule has 33 heavy (non-hydrogen) atoms. The molecule has 174 valence electrons. The summed E-state index contributed by atoms with van der Waals surface area (Å²) in [7, 11) is 2.09. The number of primary amides is 1. The second-order valence-corrected chi connectivity index (χ2v) is 8.93. The monoisotopic (exact) mass is 451 g/mol. The number of amides is 2. The van der Waals surface area contributed by atoms with Gasteiger partial charge in [0.15, 0.2) is 5.82 Å². The molecule has 0 atom stereocenters. The first-order valence-electron chi connectivity index (χ1n) is 11.1. The second-order valence-electron chi connectivity index (χ2n) is 8.93. The predicted octanol–water partition coefficient (Wildman–Crippen LogP) is 2.13. The lowest BCUT2D eigenvalue weighted by Gasteiger charge is -2.48. The van der Waals surface area contributed by atoms with E-state index in [-0.39, 0.29) is 31.2 Å². The zero-order valence-corrected chi connectivity index (χ0v) is 18.7. The van der Waals surface area contributed by atoms with Crippen molar-refractivity contribution < 1.29 is 14.3 Å². The van der Waals surface area contributed by atoms with Crippen molar-refractivity contribution in [2.75, 3.05) is 45.2 Å². The number of piperidine rings is 1. The van der Waals surface area contributed by atoms with Crippen LogP contribution in [0.2, 0.25) is 0 Å². The van der Waals surface area contributed by atoms with E-state index in [4.69, 9.17) is 10.5 Å². The Hall–Kier alpha value is -3.58. The topological polar surface area (TPSA) is 130 Å². The van der Waals surface area contributed by atoms with Crippen LogP contribution in [0, 0.1) is 17.2 Å². The van der Waals surface area contributed by atoms with E-state index in [1.807, 2.05) is 30.3 Å². The van der Waals surface area contributed by atoms with E-state index >= 15 is 0 Å². The Morgan fingerprint density at radius 2 is 1.97 bits per heavy atom. The van der Waals surface area contributed by atoms with Gasteiger partial charge in [-0.3, -0.25) is 9.48 Å². The van der Waals surface area contributed by atoms with Crippen molar-refractivity contribution in [3.63, 3.8) is 0 Å². The zero-order chi connectivity index (χ0) is 23.4. The third kappa shape index (κ3) is 4.93. The lowest BCUT2D eigenvalue weighted by molar-refractivity contribution is -0.00695. The fourth-order valence-electron chi connectivity index (χ4n) is 4.34. The standard InChI is InChI=1S/C23H29N7O3/c1-28-11-7-17(8-12-28)14-33-22(32)29-15-23(16-29,9-10-24)30-13-19(20(25)31)21(27-30)26-18-5-3-2-4-6-18/h2-6,13,17H,7-9,11-12,14-16H2,1H3,(H2,25,31)(H,26,27). The van der Waals surface area contributed by atoms with Gasteiger partial charge in [0.25, 0.3) is 5.91 Å². The Kier molecular flexibility index (Phi) is 6.51. The predicted molar refractivity (Wildman–Crippen MR) is 122 cm³/mol. The number of anilines is 2. The number of nitrogens with zero attached hydrogens (tertiary/aromatic N) is 5. The van der Waals surface area contributed by atoms with Crippen LogP contribution in [0.3, 0.4) is 0 Å². The summed E-state index contributed by atoms with van der Waals surface area (Å²) >= 11 is 0. The summed E-state index contributed by atoms with van der Waals surface area (Å²) in [6, 6.07) is 11.5. The molecule has 1 aromatic carbocycles. The van der Waals surface area contributed by atoms with Gasteiger partial charge < -0.3 is 25.6 Å². The largest absolute Gasteiger partial charge is 0.449 e. The van der Waals surface area contributed by atoms with E-state index in [0.717, 1.165) is 31.6 Å². The molecule has 10 heteroatoms. The van der Waals surface area contributed by atoms with E-state index in [1.54, 1.807) is 15.8 Å². The molecule has 2 fully saturated rings. The summed E-state index contributed by atoms with van der Waals surface area (Å²) in [4.78, 5) is 28.4. The van der Waals surface area contributed by atoms with Gasteiger partial charge in [-0.05, 0) is 51.0 Å². The number of para-hydroxylation sites is 1. The molecule has 2 saturated heterocycles. The summed E-state index contributed by atoms with van der Waals surface area (Å²) < 4.78 is 7.13. The third-order valence-corrected chi connectivity index (χ3v) is 6.42. The van der Waals surface area contributed by atoms with E-state index in [1.165, 1.54) is 0 Å². The van der Waals surface area contributed by atoms with Crippen molar-refractivity contribution in [3.05, 3.63) is 42.1 Å². The summed E-state index contributed by atoms with van der Waals surface area (Å²) in [6.45, 7) is 2.98. The van der Waals surface area contributed by atoms with Gasteiger partial charge in [0.1, 0.15) is 11.1 Å². The molecule has 0 unspecified atom stereocenters. The van der Waals surface area contributed by atoms with Crippen LogP contribution in [0.25, 0.3) is 0 Å². The number of hydrogen-bond acceptors (Lipinski definition) is 7. The SMILES string of the molecule is CN1CCC(COC(=O)N2CC(CC#N)(n3cc(C(N)=O)c(Nc4ccccc4)n3)C2)CC1. The highest BCUT2D eigenvalue weighted by atomic mass is 16.6. The van der Waals surface area contributed by atoms with Crippen LogP contribution in [0.5, 0.6) is 0 Å². The van der Waals surface area contributed by atoms with Crippen LogP contribution >= 0.6 is 0 Å². The Morgan fingerprint density at radius 1 is 1.27 bits per heavy atom. The number of hydrogen-bond donors (Lipinski definition) is 2. The minimum Gasteiger partial charge on any atom is -0.449 e. The second kappa shape index (κ2) is 9.50. The molecule has 1 aromatic heterocycles. The van der Waals surface area contributed by atoms with Gasteiger partial charge in [-0.2, -0.15) is 10.4 Å². The Labute approximate surface area is 192 Å². The number of ether oxygens (including phenoxy) is 1. The fraction of sp³-hybridized carbons (Fsp3) is 0.478. The average Bonchev–Trinajstić information content (AvgIpc) is 3.20. The van der Waals surface area contributed by atoms with Gasteiger partial charge in [0.05, 0.1) is 32.2 Å². The van der Waals surface area contributed by atoms with E-state index in [0.29, 0.717) is 18.3 Å². The van der Waals surface area contributed by atoms with Crippen LogP contribution in [0.1, 0.15) is 29.6 Å². The number of aromatic nitrogens is 2. The summed E-state index contributed by atoms with van der Waals surface area (Å²) in [5.74, 6) is 0.0703. The average molecular weight is 452 g/mol. The van der Waals surface area contributed by atoms with Gasteiger partial charge in [-0.1, -0.05) is 18.2 Å². The van der Waals surface area contributed by atoms with Gasteiger partial charge in [-0.15, -0.1) is 0 Å². The van der Waals surface area contributed by atoms with Crippen molar-refractivity contribution in [3.8, 4) is 6.07 Å². The molecule has 0 bridgehead atoms. The van der Waals surface area contributed by atoms with Crippen molar-refractivity contribution in [2.45, 2.75) is 24.8 Å². The first-order chi connectivity index (χ1) is 15.9. The molecular weight excluding hydrogens is 422 g/mol. The van der Waals surface area contributed by atoms with E-state index in [9.17, 15) is 14.9 Å². The first-order valence-corrected chi connectivity index (χ1v) is 11.1. The molecule has 3 heterocycles. The first kappa shape index (κ1) is 22.6. The van der Waals surface area contributed by atoms with Gasteiger partial charge >= 0.3 is 6.09 Å². The quantitative estimate of drug-likeness (QED) is 0.659. The van der Waals surface area contributed by atoms with Crippen LogP contribution in [-0.2, 0) is 10.3 Å². The van der Waals surface area contributed by atoms with Crippen LogP contribution in [0.4, 0.5) is 16.3 Å². The minimum absolute atomic E-state index is 0.135. The smallest absolute Gasteiger partial charge is 0.409 e. The maximum absolute atomic E-state index is 12.6. The molecule has 3 N–H and O–H groups in total. The molecule has 0 aliphatic carbocycles. The van der Waals surface area contributed by atoms with Crippen molar-refractivity contribution in [1.82, 2.24) is 19.6 Å². The Bertz CT molecular complexity index is 1030. The number of nitrogens with one attached hydrogen (secondary N) is 1. The lowest BCUT2D eigenvalue weighted by Crippen LogP contribution is -2.64. The minimum atomic E-state index is -0.734. The number of benzene rings is 1. The number of nitrogens with two attached hydrogens (primary N) is 1. The third-order valence-electron chi connectivity index (χ3n) is 6.42. The molecule has 10 nitrogen and oxygen atoms in total. The number of carbonyl (C=O) groups is 2. The maximum atomic E-state index is 12.6. The summed E-state index contributed by atoms with van der Waals surface area (Å²) in [6.07, 6.45) is 3.33. The molecule has 2 aliphatic rings. The number of carbonyl (C=O) groups excluding carboxylic acids is 2. The molecule has 4 rings (SSSR count). The van der Waals surface area contributed by atoms with Crippen molar-refractivity contribution >= 4 is 23.5 Å². The zero-order valence-electron chi connectivity index (χ0n) is 18.7. The van der Waals surface area contributed by atoms with Crippen LogP contribution in [0.15, 0.2) is 36.5 Å². The van der Waals surface area contributed by atoms with E-state index < -0.39 is 11.4 Å². The summed E-state index contributed by atoms with van der Waals surface area (Å²) in [5.41, 5.74) is 5.81. The number of rotatable bonds is 7. The summed E-state index contributed by atoms with van der Waals surface area (Å²) in [5, 5.41) is 17.1. The Balaban J connectivity index is 1.43. The molecule has 2 aliphatic heterocycles. The van der Waals surface area contributed by atoms with E-state index in [2.05, 4.69) is 28.4 Å². The van der Waals surface area contributed by atoms with Crippen molar-refractivity contribution in [1.29, 1.82) is 5.26 Å². The van der Waals surface area contributed by atoms with Gasteiger partial charge in [0, 0.05) is 11.9 Å². The molecule has 0 radical (unpaired) electrons. The molecular formula is C23H29N7O3. The van der Waals surface area contributed by atoms with Crippen LogP contribution in [-0.4, -0.2) is 71.4 Å². The van der Waals surface area contributed by atoms with Gasteiger partial charge in [-0.25, -0.2) is 4.79 Å². The lowest BCUT2D eigenvalue weighted by atomic mass is 9.87. The highest BCUT2D eigenvalue weighted by Crippen LogP contribution is 2.34. The highest BCUT2D eigenvalue weighted by molar-refractivity contribution is 5.98. The maximum Gasteiger partial charge on any atom is 0.409 e. The number of nitriles is 1. The molecule has 2 aromatic rings. The van der Waals surface area contributed by atoms with Gasteiger partial charge in [0.2, 0.25) is 0 Å². The highest BCUT2D eigenvalue weighted by Gasteiger charge is 2.49. The molecule has 2 amide bonds. The molecule has 0 saturated carbocycles. The Morgan fingerprint density at radius 3 is 2.61 bits per heavy atom. The molecule has 0 spiro atoms.